The quantitative estimate of drug-likeness (QED) is 0.470. The van der Waals surface area contributed by atoms with Crippen molar-refractivity contribution >= 4 is 18.0 Å². The van der Waals surface area contributed by atoms with Gasteiger partial charge in [0.25, 0.3) is 0 Å². The number of ether oxygens (including phenoxy) is 1. The number of aliphatic hydroxyl groups excluding tert-OH is 1. The first-order chi connectivity index (χ1) is 14.3. The largest absolute Gasteiger partial charge is 0.480 e. The molecule has 0 aromatic heterocycles. The summed E-state index contributed by atoms with van der Waals surface area (Å²) in [4.78, 5) is 35.2. The number of alkyl carbamates (subject to hydrolysis) is 1. The fourth-order valence-electron chi connectivity index (χ4n) is 2.79. The highest BCUT2D eigenvalue weighted by atomic mass is 16.5. The van der Waals surface area contributed by atoms with E-state index < -0.39 is 30.1 Å². The summed E-state index contributed by atoms with van der Waals surface area (Å²) in [7, 11) is 0. The van der Waals surface area contributed by atoms with Crippen LogP contribution in [0.2, 0.25) is 0 Å². The molecule has 0 spiro atoms. The minimum atomic E-state index is -1.18. The van der Waals surface area contributed by atoms with Gasteiger partial charge in [-0.2, -0.15) is 0 Å². The average Bonchev–Trinajstić information content (AvgIpc) is 2.71. The molecule has 2 aromatic carbocycles. The molecule has 0 aliphatic heterocycles. The van der Waals surface area contributed by atoms with Crippen LogP contribution in [0, 0.1) is 6.92 Å². The molecule has 2 aromatic rings. The standard InChI is InChI=1S/C22H26N2O6/c1-15-6-5-9-17(10-15)11-19(21(27)28)24-20(26)12-18(25)13-23-22(29)30-14-16-7-3-2-4-8-16/h2-10,18-19,25H,11-14H2,1H3,(H,23,29)(H,24,26)(H,27,28)/t18-,19-/m1/s1. The molecule has 0 saturated heterocycles. The number of carbonyl (C=O) groups is 3. The highest BCUT2D eigenvalue weighted by Gasteiger charge is 2.22. The van der Waals surface area contributed by atoms with Crippen LogP contribution < -0.4 is 10.6 Å². The fourth-order valence-corrected chi connectivity index (χ4v) is 2.79. The number of carboxylic acid groups (broad SMARTS) is 1. The number of benzene rings is 2. The van der Waals surface area contributed by atoms with Crippen molar-refractivity contribution in [2.24, 2.45) is 0 Å². The van der Waals surface area contributed by atoms with Crippen molar-refractivity contribution < 1.29 is 29.3 Å². The van der Waals surface area contributed by atoms with Gasteiger partial charge in [-0.15, -0.1) is 0 Å². The zero-order valence-electron chi connectivity index (χ0n) is 16.7. The van der Waals surface area contributed by atoms with Gasteiger partial charge >= 0.3 is 12.1 Å². The Labute approximate surface area is 174 Å². The Bertz CT molecular complexity index is 856. The van der Waals surface area contributed by atoms with E-state index in [1.54, 1.807) is 6.07 Å². The number of amides is 2. The normalized spacial score (nSPS) is 12.5. The molecular formula is C22H26N2O6. The third kappa shape index (κ3) is 8.32. The molecule has 0 aliphatic carbocycles. The molecule has 0 bridgehead atoms. The molecule has 0 fully saturated rings. The van der Waals surface area contributed by atoms with Crippen LogP contribution in [-0.4, -0.2) is 46.9 Å². The zero-order chi connectivity index (χ0) is 21.9. The Hall–Kier alpha value is -3.39. The number of hydrogen-bond donors (Lipinski definition) is 4. The van der Waals surface area contributed by atoms with Crippen LogP contribution in [0.1, 0.15) is 23.1 Å². The molecule has 2 amide bonds. The maximum atomic E-state index is 12.1. The van der Waals surface area contributed by atoms with Gasteiger partial charge in [0.2, 0.25) is 5.91 Å². The summed E-state index contributed by atoms with van der Waals surface area (Å²) in [6.45, 7) is 1.78. The van der Waals surface area contributed by atoms with E-state index in [0.29, 0.717) is 0 Å². The molecular weight excluding hydrogens is 388 g/mol. The molecule has 4 N–H and O–H groups in total. The van der Waals surface area contributed by atoms with E-state index in [2.05, 4.69) is 10.6 Å². The SMILES string of the molecule is Cc1cccc(C[C@@H](NC(=O)C[C@@H](O)CNC(=O)OCc2ccccc2)C(=O)O)c1. The second-order valence-corrected chi connectivity index (χ2v) is 6.95. The van der Waals surface area contributed by atoms with Crippen LogP contribution in [0.4, 0.5) is 4.79 Å². The Morgan fingerprint density at radius 1 is 1.03 bits per heavy atom. The lowest BCUT2D eigenvalue weighted by Gasteiger charge is -2.17. The Morgan fingerprint density at radius 2 is 1.73 bits per heavy atom. The first-order valence-electron chi connectivity index (χ1n) is 9.54. The van der Waals surface area contributed by atoms with E-state index in [1.807, 2.05) is 55.5 Å². The molecule has 2 rings (SSSR count). The Morgan fingerprint density at radius 3 is 2.40 bits per heavy atom. The van der Waals surface area contributed by atoms with Crippen LogP contribution in [0.3, 0.4) is 0 Å². The van der Waals surface area contributed by atoms with Crippen molar-refractivity contribution in [1.29, 1.82) is 0 Å². The molecule has 8 heteroatoms. The van der Waals surface area contributed by atoms with Gasteiger partial charge in [-0.05, 0) is 18.1 Å². The highest BCUT2D eigenvalue weighted by Crippen LogP contribution is 2.08. The van der Waals surface area contributed by atoms with Crippen molar-refractivity contribution in [2.75, 3.05) is 6.54 Å². The van der Waals surface area contributed by atoms with Gasteiger partial charge < -0.3 is 25.6 Å². The predicted molar refractivity (Wildman–Crippen MR) is 110 cm³/mol. The first-order valence-corrected chi connectivity index (χ1v) is 9.54. The minimum Gasteiger partial charge on any atom is -0.480 e. The third-order valence-corrected chi connectivity index (χ3v) is 4.27. The number of rotatable bonds is 10. The summed E-state index contributed by atoms with van der Waals surface area (Å²) in [5.74, 6) is -1.79. The molecule has 0 saturated carbocycles. The first kappa shape index (κ1) is 22.9. The van der Waals surface area contributed by atoms with Gasteiger partial charge in [0.15, 0.2) is 0 Å². The lowest BCUT2D eigenvalue weighted by atomic mass is 10.0. The molecule has 160 valence electrons. The van der Waals surface area contributed by atoms with E-state index in [1.165, 1.54) is 0 Å². The van der Waals surface area contributed by atoms with Gasteiger partial charge in [0.05, 0.1) is 12.5 Å². The van der Waals surface area contributed by atoms with E-state index in [4.69, 9.17) is 4.74 Å². The smallest absolute Gasteiger partial charge is 0.407 e. The molecule has 0 heterocycles. The zero-order valence-corrected chi connectivity index (χ0v) is 16.7. The van der Waals surface area contributed by atoms with E-state index in [0.717, 1.165) is 16.7 Å². The van der Waals surface area contributed by atoms with Crippen LogP contribution in [-0.2, 0) is 27.4 Å². The Balaban J connectivity index is 1.73. The van der Waals surface area contributed by atoms with Crippen LogP contribution in [0.25, 0.3) is 0 Å². The monoisotopic (exact) mass is 414 g/mol. The Kier molecular flexibility index (Phi) is 8.83. The summed E-state index contributed by atoms with van der Waals surface area (Å²) in [5.41, 5.74) is 2.59. The molecule has 0 radical (unpaired) electrons. The third-order valence-electron chi connectivity index (χ3n) is 4.27. The fraction of sp³-hybridized carbons (Fsp3) is 0.318. The number of aliphatic hydroxyl groups is 1. The van der Waals surface area contributed by atoms with Gasteiger partial charge in [-0.1, -0.05) is 60.2 Å². The number of aryl methyl sites for hydroxylation is 1. The average molecular weight is 414 g/mol. The van der Waals surface area contributed by atoms with Gasteiger partial charge in [0, 0.05) is 13.0 Å². The molecule has 30 heavy (non-hydrogen) atoms. The van der Waals surface area contributed by atoms with Crippen LogP contribution in [0.5, 0.6) is 0 Å². The van der Waals surface area contributed by atoms with Crippen molar-refractivity contribution in [3.63, 3.8) is 0 Å². The molecule has 2 atom stereocenters. The van der Waals surface area contributed by atoms with Crippen LogP contribution >= 0.6 is 0 Å². The maximum Gasteiger partial charge on any atom is 0.407 e. The van der Waals surface area contributed by atoms with Gasteiger partial charge in [-0.25, -0.2) is 9.59 Å². The van der Waals surface area contributed by atoms with E-state index in [-0.39, 0.29) is 26.0 Å². The number of aliphatic carboxylic acids is 1. The van der Waals surface area contributed by atoms with Crippen molar-refractivity contribution in [3.8, 4) is 0 Å². The summed E-state index contributed by atoms with van der Waals surface area (Å²) < 4.78 is 5.02. The van der Waals surface area contributed by atoms with Crippen molar-refractivity contribution in [2.45, 2.75) is 38.5 Å². The van der Waals surface area contributed by atoms with E-state index >= 15 is 0 Å². The second-order valence-electron chi connectivity index (χ2n) is 6.95. The van der Waals surface area contributed by atoms with Crippen LogP contribution in [0.15, 0.2) is 54.6 Å². The number of carboxylic acids is 1. The summed E-state index contributed by atoms with van der Waals surface area (Å²) in [5, 5.41) is 24.1. The molecule has 0 unspecified atom stereocenters. The minimum absolute atomic E-state index is 0.0858. The summed E-state index contributed by atoms with van der Waals surface area (Å²) >= 11 is 0. The number of hydrogen-bond acceptors (Lipinski definition) is 5. The topological polar surface area (TPSA) is 125 Å². The lowest BCUT2D eigenvalue weighted by molar-refractivity contribution is -0.142. The lowest BCUT2D eigenvalue weighted by Crippen LogP contribution is -2.44. The van der Waals surface area contributed by atoms with E-state index in [9.17, 15) is 24.6 Å². The number of carbonyl (C=O) groups excluding carboxylic acids is 2. The van der Waals surface area contributed by atoms with Crippen molar-refractivity contribution in [1.82, 2.24) is 10.6 Å². The maximum absolute atomic E-state index is 12.1. The summed E-state index contributed by atoms with van der Waals surface area (Å²) in [6.07, 6.45) is -2.12. The van der Waals surface area contributed by atoms with Gasteiger partial charge in [-0.3, -0.25) is 4.79 Å². The molecule has 0 aliphatic rings. The summed E-state index contributed by atoms with van der Waals surface area (Å²) in [6, 6.07) is 15.3. The second kappa shape index (κ2) is 11.6. The molecule has 8 nitrogen and oxygen atoms in total. The van der Waals surface area contributed by atoms with Gasteiger partial charge in [0.1, 0.15) is 12.6 Å². The predicted octanol–water partition coefficient (Wildman–Crippen LogP) is 1.78. The number of nitrogens with one attached hydrogen (secondary N) is 2. The highest BCUT2D eigenvalue weighted by molar-refractivity contribution is 5.84. The van der Waals surface area contributed by atoms with Crippen molar-refractivity contribution in [3.05, 3.63) is 71.3 Å².